The van der Waals surface area contributed by atoms with Gasteiger partial charge in [-0.2, -0.15) is 0 Å². The summed E-state index contributed by atoms with van der Waals surface area (Å²) in [5.74, 6) is 0.929. The first-order chi connectivity index (χ1) is 14.6. The van der Waals surface area contributed by atoms with Crippen LogP contribution in [-0.2, 0) is 6.42 Å². The van der Waals surface area contributed by atoms with Gasteiger partial charge in [-0.25, -0.2) is 0 Å². The van der Waals surface area contributed by atoms with Crippen LogP contribution in [0.5, 0.6) is 11.5 Å². The Morgan fingerprint density at radius 3 is 2.60 bits per heavy atom. The van der Waals surface area contributed by atoms with E-state index in [1.807, 2.05) is 36.4 Å². The average molecular weight is 400 g/mol. The zero-order valence-corrected chi connectivity index (χ0v) is 16.2. The molecule has 0 aliphatic rings. The number of aromatic hydroxyl groups is 1. The number of rotatable bonds is 4. The zero-order valence-electron chi connectivity index (χ0n) is 16.2. The Morgan fingerprint density at radius 1 is 1.00 bits per heavy atom. The first-order valence-corrected chi connectivity index (χ1v) is 9.56. The van der Waals surface area contributed by atoms with Crippen LogP contribution in [0.25, 0.3) is 34.1 Å². The molecule has 5 aromatic rings. The highest BCUT2D eigenvalue weighted by atomic mass is 16.5. The first kappa shape index (κ1) is 17.9. The summed E-state index contributed by atoms with van der Waals surface area (Å²) in [5, 5.41) is 10.8. The fourth-order valence-electron chi connectivity index (χ4n) is 3.73. The highest BCUT2D eigenvalue weighted by molar-refractivity contribution is 6.03. The van der Waals surface area contributed by atoms with Crippen LogP contribution in [0.2, 0.25) is 0 Å². The smallest absolute Gasteiger partial charge is 0.256 e. The quantitative estimate of drug-likeness (QED) is 0.319. The Morgan fingerprint density at radius 2 is 1.80 bits per heavy atom. The van der Waals surface area contributed by atoms with Crippen molar-refractivity contribution in [2.45, 2.75) is 6.42 Å². The van der Waals surface area contributed by atoms with Crippen LogP contribution in [0, 0.1) is 0 Å². The normalized spacial score (nSPS) is 13.0. The van der Waals surface area contributed by atoms with Gasteiger partial charge in [-0.15, -0.1) is 0 Å². The number of H-pyrrole nitrogens is 4. The minimum Gasteiger partial charge on any atom is -0.508 e. The van der Waals surface area contributed by atoms with E-state index in [1.54, 1.807) is 31.5 Å². The summed E-state index contributed by atoms with van der Waals surface area (Å²) in [6.45, 7) is 0. The summed E-state index contributed by atoms with van der Waals surface area (Å²) in [7, 11) is 1.60. The number of imidazole rings is 1. The van der Waals surface area contributed by atoms with E-state index < -0.39 is 0 Å². The van der Waals surface area contributed by atoms with E-state index in [0.29, 0.717) is 17.4 Å². The summed E-state index contributed by atoms with van der Waals surface area (Å²) < 4.78 is 5.35. The third-order valence-corrected chi connectivity index (χ3v) is 5.22. The van der Waals surface area contributed by atoms with Crippen molar-refractivity contribution in [3.8, 4) is 11.5 Å². The second-order valence-corrected chi connectivity index (χ2v) is 7.12. The number of phenolic OH excluding ortho intramolecular Hbond substituents is 1. The topological polar surface area (TPSA) is 110 Å². The first-order valence-electron chi connectivity index (χ1n) is 9.56. The van der Waals surface area contributed by atoms with Gasteiger partial charge in [0.05, 0.1) is 34.6 Å². The highest BCUT2D eigenvalue weighted by Crippen LogP contribution is 2.19. The van der Waals surface area contributed by atoms with Gasteiger partial charge >= 0.3 is 0 Å². The number of methoxy groups -OCH3 is 1. The van der Waals surface area contributed by atoms with Crippen LogP contribution in [0.4, 0.5) is 0 Å². The van der Waals surface area contributed by atoms with E-state index in [-0.39, 0.29) is 11.3 Å². The van der Waals surface area contributed by atoms with Crippen LogP contribution in [-0.4, -0.2) is 32.2 Å². The molecule has 0 fully saturated rings. The maximum Gasteiger partial charge on any atom is 0.256 e. The van der Waals surface area contributed by atoms with Crippen molar-refractivity contribution in [3.05, 3.63) is 81.0 Å². The van der Waals surface area contributed by atoms with Gasteiger partial charge in [0.1, 0.15) is 17.0 Å². The van der Waals surface area contributed by atoms with E-state index in [4.69, 9.17) is 4.74 Å². The molecular formula is C23H20N4O3. The van der Waals surface area contributed by atoms with Crippen LogP contribution >= 0.6 is 0 Å². The molecule has 0 saturated carbocycles. The molecule has 7 nitrogen and oxygen atoms in total. The maximum absolute atomic E-state index is 12.7. The number of hydrogen-bond donors (Lipinski definition) is 5. The maximum atomic E-state index is 12.7. The number of fused-ring (bicyclic) bond motifs is 3. The van der Waals surface area contributed by atoms with E-state index in [2.05, 4.69) is 19.9 Å². The van der Waals surface area contributed by atoms with E-state index in [9.17, 15) is 9.90 Å². The molecule has 7 heteroatoms. The monoisotopic (exact) mass is 400 g/mol. The van der Waals surface area contributed by atoms with Gasteiger partial charge in [0.2, 0.25) is 0 Å². The lowest BCUT2D eigenvalue weighted by Gasteiger charge is -1.96. The van der Waals surface area contributed by atoms with Gasteiger partial charge in [-0.05, 0) is 54.5 Å². The Balaban J connectivity index is 1.67. The molecule has 3 heterocycles. The van der Waals surface area contributed by atoms with Crippen molar-refractivity contribution >= 4 is 34.1 Å². The number of phenols is 1. The van der Waals surface area contributed by atoms with E-state index in [1.165, 1.54) is 0 Å². The summed E-state index contributed by atoms with van der Waals surface area (Å²) in [5.41, 5.74) is 5.06. The van der Waals surface area contributed by atoms with Crippen molar-refractivity contribution in [3.63, 3.8) is 0 Å². The average Bonchev–Trinajstić information content (AvgIpc) is 3.44. The highest BCUT2D eigenvalue weighted by Gasteiger charge is 2.10. The lowest BCUT2D eigenvalue weighted by atomic mass is 10.1. The molecule has 5 rings (SSSR count). The van der Waals surface area contributed by atoms with Crippen molar-refractivity contribution in [1.29, 1.82) is 0 Å². The van der Waals surface area contributed by atoms with Crippen LogP contribution in [0.1, 0.15) is 11.3 Å². The molecule has 0 saturated heterocycles. The standard InChI is InChI=1S/C23H20N4O3/c1-30-19-10-11-24-18(19)12-15-21-16(26-23(15)29)7-8-17-22(21)27-20(25-17)9-4-13-2-5-14(28)6-3-13/h2-3,5-12,24-25,27-28H,4H2,1H3,(H,26,29). The molecule has 0 amide bonds. The predicted molar refractivity (Wildman–Crippen MR) is 117 cm³/mol. The third kappa shape index (κ3) is 3.06. The third-order valence-electron chi connectivity index (χ3n) is 5.22. The SMILES string of the molecule is COc1cc[nH]c1C=c1c(=O)[nH]c2ccc3[nH]c(=CCc4ccc(O)cc4)[nH]c3c12. The lowest BCUT2D eigenvalue weighted by molar-refractivity contribution is 0.414. The second kappa shape index (κ2) is 7.04. The van der Waals surface area contributed by atoms with Crippen molar-refractivity contribution in [2.24, 2.45) is 0 Å². The minimum atomic E-state index is -0.154. The summed E-state index contributed by atoms with van der Waals surface area (Å²) >= 11 is 0. The fourth-order valence-corrected chi connectivity index (χ4v) is 3.73. The van der Waals surface area contributed by atoms with Gasteiger partial charge in [-0.1, -0.05) is 12.1 Å². The number of hydrogen-bond acceptors (Lipinski definition) is 3. The van der Waals surface area contributed by atoms with Gasteiger partial charge in [0, 0.05) is 11.6 Å². The van der Waals surface area contributed by atoms with Gasteiger partial charge in [0.25, 0.3) is 5.56 Å². The molecule has 0 spiro atoms. The van der Waals surface area contributed by atoms with Gasteiger partial charge < -0.3 is 29.8 Å². The summed E-state index contributed by atoms with van der Waals surface area (Å²) in [6, 6.07) is 12.8. The Labute approximate surface area is 170 Å². The molecule has 2 aromatic carbocycles. The molecule has 150 valence electrons. The van der Waals surface area contributed by atoms with Gasteiger partial charge in [-0.3, -0.25) is 4.79 Å². The Hall–Kier alpha value is -4.13. The molecule has 0 atom stereocenters. The summed E-state index contributed by atoms with van der Waals surface area (Å²) in [4.78, 5) is 25.5. The zero-order chi connectivity index (χ0) is 20.7. The lowest BCUT2D eigenvalue weighted by Crippen LogP contribution is -2.21. The molecule has 0 aliphatic heterocycles. The number of nitrogens with one attached hydrogen (secondary N) is 4. The fraction of sp³-hybridized carbons (Fsp3) is 0.0870. The molecule has 0 aliphatic carbocycles. The van der Waals surface area contributed by atoms with Crippen LogP contribution < -0.4 is 21.0 Å². The van der Waals surface area contributed by atoms with Crippen LogP contribution in [0.3, 0.4) is 0 Å². The van der Waals surface area contributed by atoms with E-state index in [0.717, 1.165) is 38.7 Å². The molecule has 3 aromatic heterocycles. The van der Waals surface area contributed by atoms with Crippen molar-refractivity contribution in [1.82, 2.24) is 19.9 Å². The number of ether oxygens (including phenoxy) is 1. The van der Waals surface area contributed by atoms with Gasteiger partial charge in [0.15, 0.2) is 0 Å². The molecule has 0 radical (unpaired) electrons. The Kier molecular flexibility index (Phi) is 4.21. The molecule has 0 unspecified atom stereocenters. The molecule has 0 bridgehead atoms. The van der Waals surface area contributed by atoms with Crippen molar-refractivity contribution in [2.75, 3.05) is 7.11 Å². The number of aromatic amines is 4. The number of aromatic nitrogens is 4. The van der Waals surface area contributed by atoms with Crippen LogP contribution in [0.15, 0.2) is 53.5 Å². The second-order valence-electron chi connectivity index (χ2n) is 7.12. The molecule has 5 N–H and O–H groups in total. The van der Waals surface area contributed by atoms with Crippen molar-refractivity contribution < 1.29 is 9.84 Å². The van der Waals surface area contributed by atoms with E-state index >= 15 is 0 Å². The predicted octanol–water partition coefficient (Wildman–Crippen LogP) is 2.23. The molecular weight excluding hydrogens is 380 g/mol. The Bertz CT molecular complexity index is 1530. The molecule has 30 heavy (non-hydrogen) atoms. The number of benzene rings is 2. The summed E-state index contributed by atoms with van der Waals surface area (Å²) in [6.07, 6.45) is 6.32. The largest absolute Gasteiger partial charge is 0.508 e. The minimum absolute atomic E-state index is 0.154.